The highest BCUT2D eigenvalue weighted by Gasteiger charge is 2.28. The Balaban J connectivity index is 2.20. The van der Waals surface area contributed by atoms with Crippen LogP contribution in [0.4, 0.5) is 10.5 Å². The highest BCUT2D eigenvalue weighted by molar-refractivity contribution is 9.11. The topological polar surface area (TPSA) is 84.9 Å². The Bertz CT molecular complexity index is 850. The molecule has 0 aromatic heterocycles. The molecule has 0 radical (unpaired) electrons. The fourth-order valence-corrected chi connectivity index (χ4v) is 3.98. The Kier molecular flexibility index (Phi) is 9.32. The second-order valence-electron chi connectivity index (χ2n) is 6.29. The minimum Gasteiger partial charge on any atom is -0.506 e. The van der Waals surface area contributed by atoms with E-state index in [1.54, 1.807) is 36.4 Å². The number of amides is 1. The molecule has 0 saturated heterocycles. The molecule has 0 saturated carbocycles. The number of carbonyl (C=O) groups excluding carboxylic acids is 2. The van der Waals surface area contributed by atoms with E-state index in [4.69, 9.17) is 9.47 Å². The Hall–Kier alpha value is -1.71. The first kappa shape index (κ1) is 23.6. The van der Waals surface area contributed by atoms with Gasteiger partial charge in [0.2, 0.25) is 0 Å². The molecule has 0 aliphatic carbocycles. The first-order valence-electron chi connectivity index (χ1n) is 8.79. The van der Waals surface area contributed by atoms with Crippen molar-refractivity contribution in [3.8, 4) is 5.75 Å². The Morgan fingerprint density at radius 1 is 1.21 bits per heavy atom. The van der Waals surface area contributed by atoms with Crippen molar-refractivity contribution in [3.63, 3.8) is 0 Å². The van der Waals surface area contributed by atoms with E-state index >= 15 is 0 Å². The van der Waals surface area contributed by atoms with Gasteiger partial charge in [-0.3, -0.25) is 10.1 Å². The minimum absolute atomic E-state index is 0.00679. The van der Waals surface area contributed by atoms with Crippen molar-refractivity contribution >= 4 is 62.2 Å². The molecule has 1 amide bonds. The molecule has 0 aliphatic rings. The maximum atomic E-state index is 12.5. The van der Waals surface area contributed by atoms with Crippen LogP contribution >= 0.6 is 44.5 Å². The van der Waals surface area contributed by atoms with Crippen LogP contribution in [0.5, 0.6) is 5.75 Å². The zero-order valence-electron chi connectivity index (χ0n) is 15.6. The molecule has 2 atom stereocenters. The number of hydrogen-bond acceptors (Lipinski definition) is 6. The molecule has 0 heterocycles. The van der Waals surface area contributed by atoms with Crippen molar-refractivity contribution < 1.29 is 24.2 Å². The molecule has 0 spiro atoms. The van der Waals surface area contributed by atoms with Crippen LogP contribution < -0.4 is 5.32 Å². The average Bonchev–Trinajstić information content (AvgIpc) is 2.69. The lowest BCUT2D eigenvalue weighted by Crippen LogP contribution is -2.23. The smallest absolute Gasteiger partial charge is 0.412 e. The van der Waals surface area contributed by atoms with Gasteiger partial charge in [-0.15, -0.1) is 0 Å². The fourth-order valence-electron chi connectivity index (χ4n) is 2.63. The molecule has 2 aromatic rings. The summed E-state index contributed by atoms with van der Waals surface area (Å²) in [5, 5.41) is 13.2. The van der Waals surface area contributed by atoms with Crippen molar-refractivity contribution in [3.05, 3.63) is 57.0 Å². The molecule has 156 valence electrons. The number of hydrogen-bond donors (Lipinski definition) is 3. The summed E-state index contributed by atoms with van der Waals surface area (Å²) in [6.07, 6.45) is -1.01. The third-order valence-corrected chi connectivity index (χ3v) is 5.42. The first-order chi connectivity index (χ1) is 13.8. The number of rotatable bonds is 8. The third-order valence-electron chi connectivity index (χ3n) is 4.10. The van der Waals surface area contributed by atoms with Gasteiger partial charge in [-0.2, -0.15) is 12.6 Å². The van der Waals surface area contributed by atoms with Crippen molar-refractivity contribution in [1.29, 1.82) is 0 Å². The van der Waals surface area contributed by atoms with Crippen molar-refractivity contribution in [2.24, 2.45) is 5.92 Å². The minimum atomic E-state index is -0.776. The SMILES string of the molecule is C[C@H](CCOC(=O)CS)[C@H](OC(=O)Nc1ccccc1)c1cc(Br)cc(Br)c1O. The van der Waals surface area contributed by atoms with E-state index in [1.165, 1.54) is 0 Å². The summed E-state index contributed by atoms with van der Waals surface area (Å²) in [6, 6.07) is 12.3. The molecule has 0 fully saturated rings. The van der Waals surface area contributed by atoms with Crippen molar-refractivity contribution in [1.82, 2.24) is 0 Å². The molecular formula is C20H21Br2NO5S. The van der Waals surface area contributed by atoms with Crippen molar-refractivity contribution in [2.75, 3.05) is 17.7 Å². The lowest BCUT2D eigenvalue weighted by molar-refractivity contribution is -0.141. The maximum Gasteiger partial charge on any atom is 0.412 e. The number of carbonyl (C=O) groups is 2. The van der Waals surface area contributed by atoms with Crippen molar-refractivity contribution in [2.45, 2.75) is 19.4 Å². The standard InChI is InChI=1S/C20H21Br2NO5S/c1-12(7-8-27-17(24)11-29)19(15-9-13(21)10-16(22)18(15)25)28-20(26)23-14-5-3-2-4-6-14/h2-6,9-10,12,19,25,29H,7-8,11H2,1H3,(H,23,26)/t12-,19+/m1/s1. The molecule has 0 bridgehead atoms. The van der Waals surface area contributed by atoms with E-state index in [2.05, 4.69) is 49.8 Å². The summed E-state index contributed by atoms with van der Waals surface area (Å²) >= 11 is 10.6. The van der Waals surface area contributed by atoms with Gasteiger partial charge in [-0.05, 0) is 46.6 Å². The summed E-state index contributed by atoms with van der Waals surface area (Å²) in [5.74, 6) is -0.707. The number of nitrogens with one attached hydrogen (secondary N) is 1. The predicted molar refractivity (Wildman–Crippen MR) is 121 cm³/mol. The Morgan fingerprint density at radius 2 is 1.90 bits per heavy atom. The molecule has 2 N–H and O–H groups in total. The molecule has 29 heavy (non-hydrogen) atoms. The van der Waals surface area contributed by atoms with Gasteiger partial charge in [0.1, 0.15) is 11.9 Å². The van der Waals surface area contributed by atoms with Gasteiger partial charge in [0.15, 0.2) is 0 Å². The quantitative estimate of drug-likeness (QED) is 0.292. The zero-order valence-corrected chi connectivity index (χ0v) is 19.7. The Labute approximate surface area is 191 Å². The van der Waals surface area contributed by atoms with Gasteiger partial charge >= 0.3 is 12.1 Å². The largest absolute Gasteiger partial charge is 0.506 e. The number of phenols is 1. The monoisotopic (exact) mass is 545 g/mol. The Morgan fingerprint density at radius 3 is 2.55 bits per heavy atom. The number of anilines is 1. The predicted octanol–water partition coefficient (Wildman–Crippen LogP) is 5.71. The molecule has 6 nitrogen and oxygen atoms in total. The van der Waals surface area contributed by atoms with Crippen LogP contribution in [0, 0.1) is 5.92 Å². The number of aromatic hydroxyl groups is 1. The van der Waals surface area contributed by atoms with Crippen LogP contribution in [0.2, 0.25) is 0 Å². The van der Waals surface area contributed by atoms with E-state index in [-0.39, 0.29) is 24.0 Å². The van der Waals surface area contributed by atoms with Gasteiger partial charge in [0, 0.05) is 21.6 Å². The van der Waals surface area contributed by atoms with E-state index in [1.807, 2.05) is 13.0 Å². The van der Waals surface area contributed by atoms with Crippen LogP contribution in [0.25, 0.3) is 0 Å². The van der Waals surface area contributed by atoms with E-state index in [9.17, 15) is 14.7 Å². The highest BCUT2D eigenvalue weighted by Crippen LogP contribution is 2.40. The van der Waals surface area contributed by atoms with Crippen LogP contribution in [-0.4, -0.2) is 29.5 Å². The summed E-state index contributed by atoms with van der Waals surface area (Å²) in [4.78, 5) is 23.8. The molecular weight excluding hydrogens is 526 g/mol. The lowest BCUT2D eigenvalue weighted by atomic mass is 9.94. The number of halogens is 2. The van der Waals surface area contributed by atoms with Crippen LogP contribution in [0.15, 0.2) is 51.4 Å². The maximum absolute atomic E-state index is 12.5. The number of para-hydroxylation sites is 1. The van der Waals surface area contributed by atoms with Gasteiger partial charge in [0.05, 0.1) is 16.8 Å². The zero-order chi connectivity index (χ0) is 21.4. The van der Waals surface area contributed by atoms with E-state index < -0.39 is 18.2 Å². The molecule has 0 aliphatic heterocycles. The van der Waals surface area contributed by atoms with E-state index in [0.717, 1.165) is 0 Å². The fraction of sp³-hybridized carbons (Fsp3) is 0.300. The molecule has 2 aromatic carbocycles. The lowest BCUT2D eigenvalue weighted by Gasteiger charge is -2.26. The molecule has 0 unspecified atom stereocenters. The molecule has 2 rings (SSSR count). The number of phenolic OH excluding ortho intramolecular Hbond substituents is 1. The number of thiol groups is 1. The van der Waals surface area contributed by atoms with Gasteiger partial charge in [0.25, 0.3) is 0 Å². The number of benzene rings is 2. The summed E-state index contributed by atoms with van der Waals surface area (Å²) in [6.45, 7) is 2.00. The second-order valence-corrected chi connectivity index (χ2v) is 8.37. The van der Waals surface area contributed by atoms with Crippen LogP contribution in [0.3, 0.4) is 0 Å². The third kappa shape index (κ3) is 7.24. The summed E-state index contributed by atoms with van der Waals surface area (Å²) < 4.78 is 11.9. The summed E-state index contributed by atoms with van der Waals surface area (Å²) in [5.41, 5.74) is 1.02. The normalized spacial score (nSPS) is 12.7. The first-order valence-corrected chi connectivity index (χ1v) is 11.0. The average molecular weight is 547 g/mol. The van der Waals surface area contributed by atoms with Gasteiger partial charge < -0.3 is 14.6 Å². The van der Waals surface area contributed by atoms with Crippen LogP contribution in [0.1, 0.15) is 25.0 Å². The second kappa shape index (κ2) is 11.5. The molecule has 9 heteroatoms. The number of esters is 1. The van der Waals surface area contributed by atoms with Crippen LogP contribution in [-0.2, 0) is 14.3 Å². The number of ether oxygens (including phenoxy) is 2. The summed E-state index contributed by atoms with van der Waals surface area (Å²) in [7, 11) is 0. The van der Waals surface area contributed by atoms with Gasteiger partial charge in [-0.1, -0.05) is 41.1 Å². The van der Waals surface area contributed by atoms with E-state index in [0.29, 0.717) is 26.6 Å². The highest BCUT2D eigenvalue weighted by atomic mass is 79.9. The van der Waals surface area contributed by atoms with Gasteiger partial charge in [-0.25, -0.2) is 4.79 Å².